The van der Waals surface area contributed by atoms with Crippen LogP contribution >= 0.6 is 15.9 Å². The molecule has 112 valence electrons. The number of carbonyl (C=O) groups is 2. The molecule has 0 bridgehead atoms. The molecule has 5 nitrogen and oxygen atoms in total. The van der Waals surface area contributed by atoms with Crippen LogP contribution in [0.2, 0.25) is 0 Å². The van der Waals surface area contributed by atoms with Crippen molar-refractivity contribution in [2.45, 2.75) is 12.5 Å². The molecular weight excluding hydrogens is 338 g/mol. The van der Waals surface area contributed by atoms with Crippen molar-refractivity contribution in [2.75, 3.05) is 19.8 Å². The molecule has 0 aromatic heterocycles. The average Bonchev–Trinajstić information content (AvgIpc) is 2.46. The lowest BCUT2D eigenvalue weighted by Crippen LogP contribution is -2.49. The number of carboxylic acids is 1. The number of amides is 1. The molecule has 1 atom stereocenters. The lowest BCUT2D eigenvalue weighted by Gasteiger charge is -2.34. The van der Waals surface area contributed by atoms with E-state index in [1.54, 1.807) is 11.0 Å². The molecule has 0 spiro atoms. The quantitative estimate of drug-likeness (QED) is 0.842. The van der Waals surface area contributed by atoms with Gasteiger partial charge < -0.3 is 14.7 Å². The van der Waals surface area contributed by atoms with Crippen molar-refractivity contribution in [3.63, 3.8) is 0 Å². The van der Waals surface area contributed by atoms with Gasteiger partial charge in [0.15, 0.2) is 0 Å². The third-order valence-corrected chi connectivity index (χ3v) is 3.95. The molecule has 0 saturated carbocycles. The standard InChI is InChI=1S/C15H16BrNO4/c16-13-4-2-1-3-11(13)5-6-14(18)17-7-8-21-10-12(17)9-15(19)20/h1-6,12H,7-10H2,(H,19,20)/b6-5+. The summed E-state index contributed by atoms with van der Waals surface area (Å²) in [5, 5.41) is 8.89. The van der Waals surface area contributed by atoms with Crippen LogP contribution in [-0.2, 0) is 14.3 Å². The third-order valence-electron chi connectivity index (χ3n) is 3.23. The molecule has 0 aliphatic carbocycles. The number of morpholine rings is 1. The van der Waals surface area contributed by atoms with E-state index in [9.17, 15) is 9.59 Å². The van der Waals surface area contributed by atoms with E-state index in [4.69, 9.17) is 9.84 Å². The van der Waals surface area contributed by atoms with Gasteiger partial charge in [0.2, 0.25) is 5.91 Å². The van der Waals surface area contributed by atoms with Crippen molar-refractivity contribution < 1.29 is 19.4 Å². The van der Waals surface area contributed by atoms with Crippen LogP contribution in [-0.4, -0.2) is 47.7 Å². The van der Waals surface area contributed by atoms with E-state index in [2.05, 4.69) is 15.9 Å². The van der Waals surface area contributed by atoms with Gasteiger partial charge in [0, 0.05) is 17.1 Å². The summed E-state index contributed by atoms with van der Waals surface area (Å²) in [6.45, 7) is 1.11. The first-order chi connectivity index (χ1) is 10.1. The monoisotopic (exact) mass is 353 g/mol. The first kappa shape index (κ1) is 15.7. The molecule has 21 heavy (non-hydrogen) atoms. The fourth-order valence-electron chi connectivity index (χ4n) is 2.18. The Morgan fingerprint density at radius 1 is 1.43 bits per heavy atom. The highest BCUT2D eigenvalue weighted by molar-refractivity contribution is 9.10. The van der Waals surface area contributed by atoms with Crippen molar-refractivity contribution in [2.24, 2.45) is 0 Å². The van der Waals surface area contributed by atoms with Crippen LogP contribution < -0.4 is 0 Å². The first-order valence-electron chi connectivity index (χ1n) is 6.60. The number of aliphatic carboxylic acids is 1. The predicted molar refractivity (Wildman–Crippen MR) is 81.7 cm³/mol. The Kier molecular flexibility index (Phi) is 5.52. The van der Waals surface area contributed by atoms with Crippen molar-refractivity contribution >= 4 is 33.9 Å². The summed E-state index contributed by atoms with van der Waals surface area (Å²) >= 11 is 3.41. The zero-order valence-electron chi connectivity index (χ0n) is 11.4. The van der Waals surface area contributed by atoms with E-state index in [0.717, 1.165) is 10.0 Å². The maximum absolute atomic E-state index is 12.2. The lowest BCUT2D eigenvalue weighted by molar-refractivity contribution is -0.143. The predicted octanol–water partition coefficient (Wildman–Crippen LogP) is 2.16. The fraction of sp³-hybridized carbons (Fsp3) is 0.333. The minimum atomic E-state index is -0.932. The summed E-state index contributed by atoms with van der Waals surface area (Å²) in [4.78, 5) is 24.7. The summed E-state index contributed by atoms with van der Waals surface area (Å²) in [5.41, 5.74) is 0.897. The van der Waals surface area contributed by atoms with E-state index in [-0.39, 0.29) is 18.9 Å². The molecule has 1 saturated heterocycles. The summed E-state index contributed by atoms with van der Waals surface area (Å²) in [6.07, 6.45) is 3.09. The van der Waals surface area contributed by atoms with Crippen molar-refractivity contribution in [3.8, 4) is 0 Å². The Balaban J connectivity index is 2.07. The van der Waals surface area contributed by atoms with Crippen LogP contribution in [0.1, 0.15) is 12.0 Å². The van der Waals surface area contributed by atoms with Gasteiger partial charge in [-0.3, -0.25) is 9.59 Å². The van der Waals surface area contributed by atoms with Crippen LogP contribution in [0.25, 0.3) is 6.08 Å². The van der Waals surface area contributed by atoms with Crippen molar-refractivity contribution in [1.82, 2.24) is 4.90 Å². The van der Waals surface area contributed by atoms with Crippen LogP contribution in [0, 0.1) is 0 Å². The molecule has 0 radical (unpaired) electrons. The molecule has 1 heterocycles. The Morgan fingerprint density at radius 3 is 2.90 bits per heavy atom. The number of carbonyl (C=O) groups excluding carboxylic acids is 1. The van der Waals surface area contributed by atoms with Crippen LogP contribution in [0.5, 0.6) is 0 Å². The lowest BCUT2D eigenvalue weighted by atomic mass is 10.1. The molecule has 1 aromatic carbocycles. The zero-order chi connectivity index (χ0) is 15.2. The van der Waals surface area contributed by atoms with Gasteiger partial charge >= 0.3 is 5.97 Å². The number of nitrogens with zero attached hydrogens (tertiary/aromatic N) is 1. The van der Waals surface area contributed by atoms with E-state index in [1.807, 2.05) is 24.3 Å². The van der Waals surface area contributed by atoms with Crippen LogP contribution in [0.4, 0.5) is 0 Å². The molecule has 6 heteroatoms. The SMILES string of the molecule is O=C(O)CC1COCCN1C(=O)/C=C/c1ccccc1Br. The van der Waals surface area contributed by atoms with E-state index in [1.165, 1.54) is 6.08 Å². The van der Waals surface area contributed by atoms with Gasteiger partial charge in [0.05, 0.1) is 25.7 Å². The third kappa shape index (κ3) is 4.41. The van der Waals surface area contributed by atoms with Crippen molar-refractivity contribution in [1.29, 1.82) is 0 Å². The van der Waals surface area contributed by atoms with Gasteiger partial charge in [-0.1, -0.05) is 34.1 Å². The number of ether oxygens (including phenoxy) is 1. The number of halogens is 1. The molecule has 1 fully saturated rings. The molecular formula is C15H16BrNO4. The maximum Gasteiger partial charge on any atom is 0.305 e. The number of hydrogen-bond donors (Lipinski definition) is 1. The maximum atomic E-state index is 12.2. The highest BCUT2D eigenvalue weighted by Gasteiger charge is 2.27. The van der Waals surface area contributed by atoms with E-state index >= 15 is 0 Å². The molecule has 1 aliphatic rings. The largest absolute Gasteiger partial charge is 0.481 e. The number of rotatable bonds is 4. The number of benzene rings is 1. The highest BCUT2D eigenvalue weighted by Crippen LogP contribution is 2.18. The van der Waals surface area contributed by atoms with Gasteiger partial charge in [-0.2, -0.15) is 0 Å². The topological polar surface area (TPSA) is 66.8 Å². The van der Waals surface area contributed by atoms with E-state index < -0.39 is 12.0 Å². The van der Waals surface area contributed by atoms with Crippen LogP contribution in [0.15, 0.2) is 34.8 Å². The summed E-state index contributed by atoms with van der Waals surface area (Å²) in [5.74, 6) is -1.13. The second-order valence-electron chi connectivity index (χ2n) is 4.71. The van der Waals surface area contributed by atoms with Gasteiger partial charge in [0.25, 0.3) is 0 Å². The Hall–Kier alpha value is -1.66. The summed E-state index contributed by atoms with van der Waals surface area (Å²) in [6, 6.07) is 7.16. The van der Waals surface area contributed by atoms with Gasteiger partial charge in [0.1, 0.15) is 0 Å². The van der Waals surface area contributed by atoms with Gasteiger partial charge in [-0.25, -0.2) is 0 Å². The highest BCUT2D eigenvalue weighted by atomic mass is 79.9. The molecule has 1 N–H and O–H groups in total. The normalized spacial score (nSPS) is 18.9. The molecule has 1 aromatic rings. The molecule has 1 unspecified atom stereocenters. The second-order valence-corrected chi connectivity index (χ2v) is 5.57. The second kappa shape index (κ2) is 7.38. The minimum Gasteiger partial charge on any atom is -0.481 e. The minimum absolute atomic E-state index is 0.103. The molecule has 1 amide bonds. The smallest absolute Gasteiger partial charge is 0.305 e. The fourth-order valence-corrected chi connectivity index (χ4v) is 2.60. The summed E-state index contributed by atoms with van der Waals surface area (Å²) < 4.78 is 6.16. The molecule has 2 rings (SSSR count). The van der Waals surface area contributed by atoms with Gasteiger partial charge in [-0.15, -0.1) is 0 Å². The average molecular weight is 354 g/mol. The Labute approximate surface area is 131 Å². The zero-order valence-corrected chi connectivity index (χ0v) is 13.0. The number of hydrogen-bond acceptors (Lipinski definition) is 3. The molecule has 1 aliphatic heterocycles. The Morgan fingerprint density at radius 2 is 2.19 bits per heavy atom. The van der Waals surface area contributed by atoms with Gasteiger partial charge in [-0.05, 0) is 17.7 Å². The first-order valence-corrected chi connectivity index (χ1v) is 7.40. The van der Waals surface area contributed by atoms with E-state index in [0.29, 0.717) is 13.2 Å². The summed E-state index contributed by atoms with van der Waals surface area (Å²) in [7, 11) is 0. The van der Waals surface area contributed by atoms with Crippen LogP contribution in [0.3, 0.4) is 0 Å². The Bertz CT molecular complexity index is 558. The number of carboxylic acid groups (broad SMARTS) is 1. The van der Waals surface area contributed by atoms with Crippen molar-refractivity contribution in [3.05, 3.63) is 40.4 Å².